The average molecular weight is 307 g/mol. The Kier molecular flexibility index (Phi) is 4.49. The zero-order chi connectivity index (χ0) is 15.6. The molecule has 2 N–H and O–H groups in total. The van der Waals surface area contributed by atoms with Crippen molar-refractivity contribution in [3.63, 3.8) is 0 Å². The highest BCUT2D eigenvalue weighted by Crippen LogP contribution is 2.21. The summed E-state index contributed by atoms with van der Waals surface area (Å²) in [4.78, 5) is 0.194. The van der Waals surface area contributed by atoms with Gasteiger partial charge in [0.15, 0.2) is 0 Å². The molecule has 0 saturated heterocycles. The van der Waals surface area contributed by atoms with E-state index in [-0.39, 0.29) is 4.90 Å². The van der Waals surface area contributed by atoms with E-state index in [0.717, 1.165) is 5.56 Å². The molecule has 1 aromatic heterocycles. The Labute approximate surface area is 125 Å². The fourth-order valence-electron chi connectivity index (χ4n) is 2.44. The molecule has 6 heteroatoms. The van der Waals surface area contributed by atoms with Crippen molar-refractivity contribution >= 4 is 10.0 Å². The van der Waals surface area contributed by atoms with E-state index in [1.165, 1.54) is 5.56 Å². The Hall–Kier alpha value is -1.66. The molecule has 5 nitrogen and oxygen atoms in total. The van der Waals surface area contributed by atoms with E-state index < -0.39 is 10.0 Å². The number of hydrogen-bond donors (Lipinski definition) is 1. The molecule has 0 aliphatic rings. The van der Waals surface area contributed by atoms with Crippen LogP contribution in [0.2, 0.25) is 0 Å². The Balaban J connectivity index is 2.49. The van der Waals surface area contributed by atoms with Gasteiger partial charge in [-0.25, -0.2) is 13.6 Å². The van der Waals surface area contributed by atoms with E-state index in [1.807, 2.05) is 45.0 Å². The SMILES string of the molecule is CCc1nn(Cc2ccc(C)cc2)c(CC)c1S(N)(=O)=O. The van der Waals surface area contributed by atoms with Gasteiger partial charge in [0.05, 0.1) is 17.9 Å². The van der Waals surface area contributed by atoms with Crippen LogP contribution in [0.25, 0.3) is 0 Å². The maximum Gasteiger partial charge on any atom is 0.241 e. The lowest BCUT2D eigenvalue weighted by Crippen LogP contribution is -2.16. The van der Waals surface area contributed by atoms with Crippen LogP contribution in [-0.4, -0.2) is 18.2 Å². The van der Waals surface area contributed by atoms with Gasteiger partial charge in [-0.15, -0.1) is 0 Å². The van der Waals surface area contributed by atoms with Crippen molar-refractivity contribution in [2.75, 3.05) is 0 Å². The molecule has 0 spiro atoms. The molecular weight excluding hydrogens is 286 g/mol. The molecule has 0 radical (unpaired) electrons. The summed E-state index contributed by atoms with van der Waals surface area (Å²) < 4.78 is 25.4. The quantitative estimate of drug-likeness (QED) is 0.918. The Morgan fingerprint density at radius 1 is 1.14 bits per heavy atom. The Bertz CT molecular complexity index is 731. The molecule has 0 fully saturated rings. The van der Waals surface area contributed by atoms with Gasteiger partial charge >= 0.3 is 0 Å². The smallest absolute Gasteiger partial charge is 0.241 e. The molecule has 2 aromatic rings. The van der Waals surface area contributed by atoms with Gasteiger partial charge in [0.25, 0.3) is 0 Å². The number of aromatic nitrogens is 2. The summed E-state index contributed by atoms with van der Waals surface area (Å²) in [7, 11) is -3.75. The van der Waals surface area contributed by atoms with Crippen LogP contribution in [0.3, 0.4) is 0 Å². The minimum absolute atomic E-state index is 0.194. The number of sulfonamides is 1. The van der Waals surface area contributed by atoms with Crippen molar-refractivity contribution in [1.82, 2.24) is 9.78 Å². The van der Waals surface area contributed by atoms with E-state index in [9.17, 15) is 8.42 Å². The van der Waals surface area contributed by atoms with Gasteiger partial charge in [0.1, 0.15) is 4.90 Å². The van der Waals surface area contributed by atoms with Gasteiger partial charge in [0, 0.05) is 0 Å². The zero-order valence-electron chi connectivity index (χ0n) is 12.6. The number of primary sulfonamides is 1. The monoisotopic (exact) mass is 307 g/mol. The largest absolute Gasteiger partial charge is 0.263 e. The second kappa shape index (κ2) is 5.99. The molecule has 0 unspecified atom stereocenters. The molecule has 0 saturated carbocycles. The normalized spacial score (nSPS) is 11.8. The molecule has 21 heavy (non-hydrogen) atoms. The highest BCUT2D eigenvalue weighted by Gasteiger charge is 2.24. The highest BCUT2D eigenvalue weighted by atomic mass is 32.2. The molecule has 0 bridgehead atoms. The lowest BCUT2D eigenvalue weighted by molar-refractivity contribution is 0.594. The predicted octanol–water partition coefficient (Wildman–Crippen LogP) is 2.01. The first kappa shape index (κ1) is 15.7. The highest BCUT2D eigenvalue weighted by molar-refractivity contribution is 7.89. The van der Waals surface area contributed by atoms with Crippen LogP contribution in [0.5, 0.6) is 0 Å². The third-order valence-electron chi connectivity index (χ3n) is 3.48. The van der Waals surface area contributed by atoms with Gasteiger partial charge < -0.3 is 0 Å². The minimum Gasteiger partial charge on any atom is -0.263 e. The average Bonchev–Trinajstić information content (AvgIpc) is 2.79. The molecule has 1 aromatic carbocycles. The van der Waals surface area contributed by atoms with Crippen molar-refractivity contribution in [3.05, 3.63) is 46.8 Å². The van der Waals surface area contributed by atoms with Crippen LogP contribution in [0.1, 0.15) is 36.4 Å². The van der Waals surface area contributed by atoms with Crippen LogP contribution < -0.4 is 5.14 Å². The second-order valence-corrected chi connectivity index (χ2v) is 6.62. The number of nitrogens with zero attached hydrogens (tertiary/aromatic N) is 2. The first-order valence-electron chi connectivity index (χ1n) is 7.03. The Morgan fingerprint density at radius 3 is 2.24 bits per heavy atom. The summed E-state index contributed by atoms with van der Waals surface area (Å²) in [5, 5.41) is 9.80. The van der Waals surface area contributed by atoms with Crippen molar-refractivity contribution in [2.24, 2.45) is 5.14 Å². The lowest BCUT2D eigenvalue weighted by atomic mass is 10.1. The third kappa shape index (κ3) is 3.33. The first-order chi connectivity index (χ1) is 9.86. The molecule has 1 heterocycles. The molecule has 0 aliphatic carbocycles. The molecule has 2 rings (SSSR count). The molecule has 114 valence electrons. The van der Waals surface area contributed by atoms with Crippen molar-refractivity contribution < 1.29 is 8.42 Å². The second-order valence-electron chi connectivity index (χ2n) is 5.12. The first-order valence-corrected chi connectivity index (χ1v) is 8.58. The Morgan fingerprint density at radius 2 is 1.76 bits per heavy atom. The zero-order valence-corrected chi connectivity index (χ0v) is 13.4. The van der Waals surface area contributed by atoms with Gasteiger partial charge in [-0.05, 0) is 25.3 Å². The maximum atomic E-state index is 11.8. The summed E-state index contributed by atoms with van der Waals surface area (Å²) in [6.07, 6.45) is 1.12. The van der Waals surface area contributed by atoms with Crippen LogP contribution >= 0.6 is 0 Å². The summed E-state index contributed by atoms with van der Waals surface area (Å²) in [5.41, 5.74) is 3.49. The summed E-state index contributed by atoms with van der Waals surface area (Å²) in [6.45, 7) is 6.37. The van der Waals surface area contributed by atoms with Crippen molar-refractivity contribution in [3.8, 4) is 0 Å². The number of benzene rings is 1. The predicted molar refractivity (Wildman–Crippen MR) is 82.6 cm³/mol. The van der Waals surface area contributed by atoms with Gasteiger partial charge in [0.2, 0.25) is 10.0 Å². The van der Waals surface area contributed by atoms with Gasteiger partial charge in [-0.1, -0.05) is 43.7 Å². The fraction of sp³-hybridized carbons (Fsp3) is 0.400. The maximum absolute atomic E-state index is 11.8. The van der Waals surface area contributed by atoms with E-state index in [2.05, 4.69) is 5.10 Å². The molecule has 0 aliphatic heterocycles. The third-order valence-corrected chi connectivity index (χ3v) is 4.52. The van der Waals surface area contributed by atoms with E-state index >= 15 is 0 Å². The standard InChI is InChI=1S/C15H21N3O2S/c1-4-13-15(21(16,19)20)14(5-2)18(17-13)10-12-8-6-11(3)7-9-12/h6-9H,4-5,10H2,1-3H3,(H2,16,19,20). The van der Waals surface area contributed by atoms with Gasteiger partial charge in [-0.3, -0.25) is 4.68 Å². The van der Waals surface area contributed by atoms with E-state index in [0.29, 0.717) is 30.8 Å². The minimum atomic E-state index is -3.75. The van der Waals surface area contributed by atoms with Crippen molar-refractivity contribution in [2.45, 2.75) is 45.1 Å². The fourth-order valence-corrected chi connectivity index (χ4v) is 3.53. The molecule has 0 amide bonds. The summed E-state index contributed by atoms with van der Waals surface area (Å²) >= 11 is 0. The number of hydrogen-bond acceptors (Lipinski definition) is 3. The summed E-state index contributed by atoms with van der Waals surface area (Å²) in [5.74, 6) is 0. The molecule has 0 atom stereocenters. The topological polar surface area (TPSA) is 78.0 Å². The van der Waals surface area contributed by atoms with E-state index in [1.54, 1.807) is 4.68 Å². The number of nitrogens with two attached hydrogens (primary N) is 1. The number of rotatable bonds is 5. The van der Waals surface area contributed by atoms with Crippen LogP contribution in [0.4, 0.5) is 0 Å². The number of aryl methyl sites for hydroxylation is 2. The van der Waals surface area contributed by atoms with Crippen LogP contribution in [0, 0.1) is 6.92 Å². The summed E-state index contributed by atoms with van der Waals surface area (Å²) in [6, 6.07) is 8.12. The van der Waals surface area contributed by atoms with Crippen molar-refractivity contribution in [1.29, 1.82) is 0 Å². The van der Waals surface area contributed by atoms with E-state index in [4.69, 9.17) is 5.14 Å². The van der Waals surface area contributed by atoms with Crippen LogP contribution in [0.15, 0.2) is 29.2 Å². The molecular formula is C15H21N3O2S. The van der Waals surface area contributed by atoms with Crippen LogP contribution in [-0.2, 0) is 29.4 Å². The lowest BCUT2D eigenvalue weighted by Gasteiger charge is -2.07. The van der Waals surface area contributed by atoms with Gasteiger partial charge in [-0.2, -0.15) is 5.10 Å².